The number of esters is 1. The number of aliphatic hydroxyl groups excluding tert-OH is 2. The third-order valence-electron chi connectivity index (χ3n) is 9.02. The highest BCUT2D eigenvalue weighted by atomic mass is 16.6. The molecule has 6 nitrogen and oxygen atoms in total. The van der Waals surface area contributed by atoms with E-state index in [0.29, 0.717) is 25.7 Å². The number of hydrogen-bond donors (Lipinski definition) is 3. The van der Waals surface area contributed by atoms with Crippen LogP contribution < -0.4 is 0 Å². The summed E-state index contributed by atoms with van der Waals surface area (Å²) in [4.78, 5) is 24.0. The maximum absolute atomic E-state index is 12.2. The summed E-state index contributed by atoms with van der Waals surface area (Å²) in [5, 5.41) is 32.6. The van der Waals surface area contributed by atoms with Crippen LogP contribution in [0, 0.1) is 28.1 Å². The number of fused-ring (bicyclic) bond motifs is 3. The highest BCUT2D eigenvalue weighted by molar-refractivity contribution is 5.75. The molecule has 0 saturated heterocycles. The number of aliphatic carboxylic acids is 1. The van der Waals surface area contributed by atoms with E-state index in [1.54, 1.807) is 6.92 Å². The summed E-state index contributed by atoms with van der Waals surface area (Å²) >= 11 is 0. The second kappa shape index (κ2) is 5.82. The molecule has 4 saturated carbocycles. The summed E-state index contributed by atoms with van der Waals surface area (Å²) in [7, 11) is 0. The van der Waals surface area contributed by atoms with E-state index in [9.17, 15) is 24.9 Å². The summed E-state index contributed by atoms with van der Waals surface area (Å²) in [5.74, 6) is -1.70. The van der Waals surface area contributed by atoms with E-state index < -0.39 is 45.9 Å². The van der Waals surface area contributed by atoms with Crippen LogP contribution in [0.4, 0.5) is 0 Å². The summed E-state index contributed by atoms with van der Waals surface area (Å²) in [6.45, 7) is 9.42. The van der Waals surface area contributed by atoms with Crippen molar-refractivity contribution in [3.8, 4) is 0 Å². The van der Waals surface area contributed by atoms with Crippen LogP contribution in [0.15, 0.2) is 12.2 Å². The van der Waals surface area contributed by atoms with Gasteiger partial charge >= 0.3 is 11.9 Å². The number of carbonyl (C=O) groups is 2. The first kappa shape index (κ1) is 19.9. The molecule has 6 heteroatoms. The molecular formula is C22H32O6. The molecule has 0 aromatic rings. The molecular weight excluding hydrogens is 360 g/mol. The molecule has 8 unspecified atom stereocenters. The lowest BCUT2D eigenvalue weighted by atomic mass is 9.39. The SMILES string of the molecule is C=C1CC23CC1(OC(C)=O)CCC2C1(C)CCCC(C)(C(=O)O)C1C(O)C3O. The minimum Gasteiger partial charge on any atom is -0.481 e. The Kier molecular flexibility index (Phi) is 4.13. The molecule has 8 atom stereocenters. The minimum atomic E-state index is -1.12. The Balaban J connectivity index is 1.82. The van der Waals surface area contributed by atoms with Crippen molar-refractivity contribution in [1.29, 1.82) is 0 Å². The van der Waals surface area contributed by atoms with Gasteiger partial charge in [-0.1, -0.05) is 19.9 Å². The number of rotatable bonds is 2. The quantitative estimate of drug-likeness (QED) is 0.493. The van der Waals surface area contributed by atoms with Crippen molar-refractivity contribution in [3.63, 3.8) is 0 Å². The smallest absolute Gasteiger partial charge is 0.309 e. The van der Waals surface area contributed by atoms with Crippen LogP contribution in [0.2, 0.25) is 0 Å². The second-order valence-corrected chi connectivity index (χ2v) is 10.4. The number of aliphatic hydroxyl groups is 2. The Morgan fingerprint density at radius 1 is 1.18 bits per heavy atom. The fourth-order valence-corrected chi connectivity index (χ4v) is 8.09. The largest absolute Gasteiger partial charge is 0.481 e. The standard InChI is InChI=1S/C22H32O6/c1-12-10-21-11-22(12,28-13(2)23)9-6-14(21)19(3)7-5-8-20(4,18(26)27)16(19)15(24)17(21)25/h14-17,24-25H,1,5-11H2,2-4H3,(H,26,27). The van der Waals surface area contributed by atoms with Gasteiger partial charge in [-0.25, -0.2) is 0 Å². The maximum atomic E-state index is 12.2. The molecule has 0 heterocycles. The van der Waals surface area contributed by atoms with E-state index in [1.807, 2.05) is 0 Å². The monoisotopic (exact) mass is 392 g/mol. The molecule has 3 N–H and O–H groups in total. The lowest BCUT2D eigenvalue weighted by Crippen LogP contribution is -2.69. The average molecular weight is 392 g/mol. The van der Waals surface area contributed by atoms with Crippen LogP contribution in [0.5, 0.6) is 0 Å². The molecule has 0 aromatic carbocycles. The first-order valence-corrected chi connectivity index (χ1v) is 10.4. The predicted molar refractivity (Wildman–Crippen MR) is 101 cm³/mol. The topological polar surface area (TPSA) is 104 Å². The molecule has 4 rings (SSSR count). The van der Waals surface area contributed by atoms with Crippen molar-refractivity contribution in [3.05, 3.63) is 12.2 Å². The van der Waals surface area contributed by atoms with Crippen molar-refractivity contribution < 1.29 is 29.6 Å². The van der Waals surface area contributed by atoms with Crippen LogP contribution in [-0.2, 0) is 14.3 Å². The molecule has 1 spiro atoms. The van der Waals surface area contributed by atoms with Gasteiger partial charge in [0.15, 0.2) is 0 Å². The van der Waals surface area contributed by atoms with E-state index in [1.165, 1.54) is 6.92 Å². The van der Waals surface area contributed by atoms with Gasteiger partial charge in [0.2, 0.25) is 0 Å². The van der Waals surface area contributed by atoms with Crippen molar-refractivity contribution >= 4 is 11.9 Å². The second-order valence-electron chi connectivity index (χ2n) is 10.4. The molecule has 0 aromatic heterocycles. The van der Waals surface area contributed by atoms with Crippen LogP contribution in [-0.4, -0.2) is 45.1 Å². The van der Waals surface area contributed by atoms with Gasteiger partial charge in [0.1, 0.15) is 5.60 Å². The summed E-state index contributed by atoms with van der Waals surface area (Å²) in [6, 6.07) is 0. The molecule has 156 valence electrons. The molecule has 28 heavy (non-hydrogen) atoms. The Bertz CT molecular complexity index is 747. The Labute approximate surface area is 166 Å². The molecule has 0 amide bonds. The van der Waals surface area contributed by atoms with E-state index in [2.05, 4.69) is 13.5 Å². The summed E-state index contributed by atoms with van der Waals surface area (Å²) < 4.78 is 5.73. The van der Waals surface area contributed by atoms with E-state index in [0.717, 1.165) is 24.8 Å². The van der Waals surface area contributed by atoms with Gasteiger partial charge in [-0.05, 0) is 62.4 Å². The molecule has 4 fully saturated rings. The molecule has 0 aliphatic heterocycles. The van der Waals surface area contributed by atoms with E-state index >= 15 is 0 Å². The van der Waals surface area contributed by atoms with Gasteiger partial charge in [-0.2, -0.15) is 0 Å². The average Bonchev–Trinajstić information content (AvgIpc) is 2.79. The zero-order valence-corrected chi connectivity index (χ0v) is 17.0. The molecule has 2 bridgehead atoms. The summed E-state index contributed by atoms with van der Waals surface area (Å²) in [5.41, 5.74) is -2.02. The van der Waals surface area contributed by atoms with Crippen molar-refractivity contribution in [1.82, 2.24) is 0 Å². The van der Waals surface area contributed by atoms with Crippen molar-refractivity contribution in [2.45, 2.75) is 83.5 Å². The first-order chi connectivity index (χ1) is 12.9. The first-order valence-electron chi connectivity index (χ1n) is 10.4. The van der Waals surface area contributed by atoms with Crippen LogP contribution in [0.3, 0.4) is 0 Å². The minimum absolute atomic E-state index is 0.0605. The van der Waals surface area contributed by atoms with Gasteiger partial charge in [-0.15, -0.1) is 0 Å². The fourth-order valence-electron chi connectivity index (χ4n) is 8.09. The third-order valence-corrected chi connectivity index (χ3v) is 9.02. The van der Waals surface area contributed by atoms with Crippen molar-refractivity contribution in [2.24, 2.45) is 28.1 Å². The van der Waals surface area contributed by atoms with Crippen LogP contribution in [0.25, 0.3) is 0 Å². The van der Waals surface area contributed by atoms with Gasteiger partial charge in [0, 0.05) is 18.3 Å². The normalized spacial score (nSPS) is 52.5. The Hall–Kier alpha value is -1.40. The highest BCUT2D eigenvalue weighted by Gasteiger charge is 2.74. The lowest BCUT2D eigenvalue weighted by molar-refractivity contribution is -0.261. The third kappa shape index (κ3) is 2.22. The zero-order chi connectivity index (χ0) is 20.7. The highest BCUT2D eigenvalue weighted by Crippen LogP contribution is 2.73. The maximum Gasteiger partial charge on any atom is 0.309 e. The Morgan fingerprint density at radius 3 is 2.46 bits per heavy atom. The molecule has 4 aliphatic rings. The van der Waals surface area contributed by atoms with Crippen LogP contribution in [0.1, 0.15) is 65.7 Å². The van der Waals surface area contributed by atoms with Crippen LogP contribution >= 0.6 is 0 Å². The van der Waals surface area contributed by atoms with E-state index in [4.69, 9.17) is 4.74 Å². The number of carboxylic acid groups (broad SMARTS) is 1. The van der Waals surface area contributed by atoms with Gasteiger partial charge in [0.25, 0.3) is 0 Å². The number of carbonyl (C=O) groups excluding carboxylic acids is 1. The number of ether oxygens (including phenoxy) is 1. The molecule has 4 aliphatic carbocycles. The summed E-state index contributed by atoms with van der Waals surface area (Å²) in [6.07, 6.45) is 2.32. The predicted octanol–water partition coefficient (Wildman–Crippen LogP) is 2.67. The van der Waals surface area contributed by atoms with Gasteiger partial charge < -0.3 is 20.1 Å². The van der Waals surface area contributed by atoms with Gasteiger partial charge in [0.05, 0.1) is 17.6 Å². The number of hydrogen-bond acceptors (Lipinski definition) is 5. The molecule has 0 radical (unpaired) electrons. The lowest BCUT2D eigenvalue weighted by Gasteiger charge is -2.66. The van der Waals surface area contributed by atoms with Gasteiger partial charge in [-0.3, -0.25) is 9.59 Å². The Morgan fingerprint density at radius 2 is 1.86 bits per heavy atom. The van der Waals surface area contributed by atoms with Crippen molar-refractivity contribution in [2.75, 3.05) is 0 Å². The van der Waals surface area contributed by atoms with E-state index in [-0.39, 0.29) is 11.9 Å². The fraction of sp³-hybridized carbons (Fsp3) is 0.818. The number of carboxylic acids is 1. The zero-order valence-electron chi connectivity index (χ0n) is 17.0.